The van der Waals surface area contributed by atoms with Gasteiger partial charge in [0, 0.05) is 0 Å². The SMILES string of the molecule is CC(C)CCB1CCCCCCSCC1. The van der Waals surface area contributed by atoms with E-state index >= 15 is 0 Å². The second-order valence-corrected chi connectivity index (χ2v) is 6.67. The quantitative estimate of drug-likeness (QED) is 0.621. The van der Waals surface area contributed by atoms with Crippen molar-refractivity contribution in [3.63, 3.8) is 0 Å². The molecule has 1 aliphatic heterocycles. The van der Waals surface area contributed by atoms with Gasteiger partial charge in [-0.1, -0.05) is 58.5 Å². The molecule has 1 saturated heterocycles. The smallest absolute Gasteiger partial charge is 0.140 e. The molecular formula is C13H27BS. The molecule has 0 radical (unpaired) electrons. The molecule has 0 N–H and O–H groups in total. The lowest BCUT2D eigenvalue weighted by Gasteiger charge is -2.16. The molecule has 0 aromatic carbocycles. The van der Waals surface area contributed by atoms with Gasteiger partial charge in [-0.3, -0.25) is 0 Å². The summed E-state index contributed by atoms with van der Waals surface area (Å²) in [5.41, 5.74) is 0. The van der Waals surface area contributed by atoms with E-state index < -0.39 is 0 Å². The molecule has 0 spiro atoms. The lowest BCUT2D eigenvalue weighted by atomic mass is 9.42. The average molecular weight is 226 g/mol. The lowest BCUT2D eigenvalue weighted by molar-refractivity contribution is 0.619. The molecular weight excluding hydrogens is 199 g/mol. The summed E-state index contributed by atoms with van der Waals surface area (Å²) in [4.78, 5) is 0. The lowest BCUT2D eigenvalue weighted by Crippen LogP contribution is -2.14. The Labute approximate surface area is 101 Å². The van der Waals surface area contributed by atoms with Gasteiger partial charge in [0.15, 0.2) is 0 Å². The fourth-order valence-corrected chi connectivity index (χ4v) is 3.46. The van der Waals surface area contributed by atoms with Crippen molar-refractivity contribution in [3.05, 3.63) is 0 Å². The van der Waals surface area contributed by atoms with E-state index in [2.05, 4.69) is 25.6 Å². The minimum atomic E-state index is 0.896. The second kappa shape index (κ2) is 8.55. The minimum absolute atomic E-state index is 0.896. The van der Waals surface area contributed by atoms with E-state index in [9.17, 15) is 0 Å². The summed E-state index contributed by atoms with van der Waals surface area (Å²) in [6.45, 7) is 5.75. The van der Waals surface area contributed by atoms with Gasteiger partial charge < -0.3 is 0 Å². The largest absolute Gasteiger partial charge is 0.163 e. The van der Waals surface area contributed by atoms with E-state index in [1.807, 2.05) is 0 Å². The van der Waals surface area contributed by atoms with Gasteiger partial charge in [0.1, 0.15) is 6.71 Å². The molecule has 0 aliphatic carbocycles. The maximum atomic E-state index is 2.36. The van der Waals surface area contributed by atoms with Gasteiger partial charge in [-0.25, -0.2) is 0 Å². The molecule has 0 aromatic heterocycles. The van der Waals surface area contributed by atoms with Crippen LogP contribution in [-0.2, 0) is 0 Å². The van der Waals surface area contributed by atoms with Gasteiger partial charge in [-0.05, 0) is 23.8 Å². The molecule has 1 aliphatic rings. The van der Waals surface area contributed by atoms with Gasteiger partial charge in [-0.2, -0.15) is 11.8 Å². The summed E-state index contributed by atoms with van der Waals surface area (Å²) < 4.78 is 0. The third kappa shape index (κ3) is 7.33. The highest BCUT2D eigenvalue weighted by atomic mass is 32.2. The van der Waals surface area contributed by atoms with Gasteiger partial charge in [0.25, 0.3) is 0 Å². The maximum absolute atomic E-state index is 2.36. The zero-order valence-corrected chi connectivity index (χ0v) is 11.5. The Hall–Kier alpha value is 0.415. The fourth-order valence-electron chi connectivity index (χ4n) is 2.34. The van der Waals surface area contributed by atoms with E-state index in [0.29, 0.717) is 0 Å². The molecule has 88 valence electrons. The molecule has 0 aromatic rings. The first-order chi connectivity index (χ1) is 7.29. The molecule has 0 amide bonds. The molecule has 0 unspecified atom stereocenters. The van der Waals surface area contributed by atoms with Crippen molar-refractivity contribution in [2.24, 2.45) is 5.92 Å². The van der Waals surface area contributed by atoms with Crippen molar-refractivity contribution >= 4 is 18.5 Å². The number of thioether (sulfide) groups is 1. The molecule has 0 saturated carbocycles. The topological polar surface area (TPSA) is 0 Å². The first kappa shape index (κ1) is 13.5. The highest BCUT2D eigenvalue weighted by Crippen LogP contribution is 2.21. The molecule has 0 bridgehead atoms. The Morgan fingerprint density at radius 2 is 1.80 bits per heavy atom. The van der Waals surface area contributed by atoms with E-state index in [4.69, 9.17) is 0 Å². The number of hydrogen-bond donors (Lipinski definition) is 0. The van der Waals surface area contributed by atoms with E-state index in [1.165, 1.54) is 62.6 Å². The molecule has 15 heavy (non-hydrogen) atoms. The first-order valence-corrected chi connectivity index (χ1v) is 8.02. The summed E-state index contributed by atoms with van der Waals surface area (Å²) in [5.74, 6) is 3.73. The summed E-state index contributed by atoms with van der Waals surface area (Å²) >= 11 is 2.19. The number of rotatable bonds is 3. The van der Waals surface area contributed by atoms with Gasteiger partial charge in [0.2, 0.25) is 0 Å². The van der Waals surface area contributed by atoms with Gasteiger partial charge in [0.05, 0.1) is 0 Å². The van der Waals surface area contributed by atoms with Crippen LogP contribution in [0.4, 0.5) is 0 Å². The third-order valence-corrected chi connectivity index (χ3v) is 4.58. The van der Waals surface area contributed by atoms with E-state index in [1.54, 1.807) is 0 Å². The van der Waals surface area contributed by atoms with Crippen LogP contribution in [-0.4, -0.2) is 18.2 Å². The zero-order chi connectivity index (χ0) is 10.9. The van der Waals surface area contributed by atoms with Crippen molar-refractivity contribution < 1.29 is 0 Å². The highest BCUT2D eigenvalue weighted by molar-refractivity contribution is 7.99. The van der Waals surface area contributed by atoms with Crippen LogP contribution in [0.2, 0.25) is 19.0 Å². The number of hydrogen-bond acceptors (Lipinski definition) is 1. The predicted molar refractivity (Wildman–Crippen MR) is 75.4 cm³/mol. The van der Waals surface area contributed by atoms with Gasteiger partial charge in [-0.15, -0.1) is 0 Å². The van der Waals surface area contributed by atoms with Crippen molar-refractivity contribution in [2.75, 3.05) is 11.5 Å². The predicted octanol–water partition coefficient (Wildman–Crippen LogP) is 4.83. The van der Waals surface area contributed by atoms with Crippen LogP contribution in [0.25, 0.3) is 0 Å². The van der Waals surface area contributed by atoms with Crippen LogP contribution >= 0.6 is 11.8 Å². The Bertz CT molecular complexity index is 137. The maximum Gasteiger partial charge on any atom is 0.140 e. The van der Waals surface area contributed by atoms with E-state index in [0.717, 1.165) is 12.6 Å². The van der Waals surface area contributed by atoms with Crippen molar-refractivity contribution in [3.8, 4) is 0 Å². The standard InChI is InChI=1S/C13H27BS/c1-13(2)7-9-14-8-5-3-4-6-11-15-12-10-14/h13H,3-12H2,1-2H3. The van der Waals surface area contributed by atoms with Crippen molar-refractivity contribution in [1.29, 1.82) is 0 Å². The Balaban J connectivity index is 2.19. The van der Waals surface area contributed by atoms with Crippen molar-refractivity contribution in [2.45, 2.75) is 64.9 Å². The average Bonchev–Trinajstić information content (AvgIpc) is 2.23. The summed E-state index contributed by atoms with van der Waals surface area (Å²) in [7, 11) is 0. The highest BCUT2D eigenvalue weighted by Gasteiger charge is 2.14. The fraction of sp³-hybridized carbons (Fsp3) is 1.00. The second-order valence-electron chi connectivity index (χ2n) is 5.44. The van der Waals surface area contributed by atoms with Crippen LogP contribution in [0.5, 0.6) is 0 Å². The van der Waals surface area contributed by atoms with Crippen LogP contribution in [0, 0.1) is 5.92 Å². The Morgan fingerprint density at radius 1 is 1.00 bits per heavy atom. The first-order valence-electron chi connectivity index (χ1n) is 6.87. The van der Waals surface area contributed by atoms with Crippen LogP contribution < -0.4 is 0 Å². The van der Waals surface area contributed by atoms with Crippen LogP contribution in [0.15, 0.2) is 0 Å². The summed E-state index contributed by atoms with van der Waals surface area (Å²) in [6.07, 6.45) is 11.8. The molecule has 2 heteroatoms. The Morgan fingerprint density at radius 3 is 2.60 bits per heavy atom. The molecule has 1 fully saturated rings. The minimum Gasteiger partial charge on any atom is -0.163 e. The van der Waals surface area contributed by atoms with Crippen LogP contribution in [0.1, 0.15) is 46.0 Å². The normalized spacial score (nSPS) is 20.6. The monoisotopic (exact) mass is 226 g/mol. The molecule has 0 nitrogen and oxygen atoms in total. The van der Waals surface area contributed by atoms with Crippen LogP contribution in [0.3, 0.4) is 0 Å². The summed E-state index contributed by atoms with van der Waals surface area (Å²) in [5, 5.41) is 0. The molecule has 1 heterocycles. The molecule has 1 rings (SSSR count). The van der Waals surface area contributed by atoms with Crippen molar-refractivity contribution in [1.82, 2.24) is 0 Å². The Kier molecular flexibility index (Phi) is 7.69. The summed E-state index contributed by atoms with van der Waals surface area (Å²) in [6, 6.07) is 0. The van der Waals surface area contributed by atoms with E-state index in [-0.39, 0.29) is 0 Å². The molecule has 0 atom stereocenters. The van der Waals surface area contributed by atoms with Gasteiger partial charge >= 0.3 is 0 Å². The third-order valence-electron chi connectivity index (χ3n) is 3.47. The zero-order valence-electron chi connectivity index (χ0n) is 10.6.